The van der Waals surface area contributed by atoms with Crippen LogP contribution in [0, 0.1) is 16.7 Å². The third-order valence-corrected chi connectivity index (χ3v) is 7.98. The molecule has 0 bridgehead atoms. The van der Waals surface area contributed by atoms with Crippen molar-refractivity contribution in [1.82, 2.24) is 14.7 Å². The fourth-order valence-corrected chi connectivity index (χ4v) is 6.35. The van der Waals surface area contributed by atoms with E-state index in [2.05, 4.69) is 0 Å². The second-order valence-corrected chi connectivity index (χ2v) is 9.91. The number of piperidine rings is 1. The Hall–Kier alpha value is -2.08. The van der Waals surface area contributed by atoms with E-state index in [4.69, 9.17) is 11.6 Å². The Morgan fingerprint density at radius 3 is 2.37 bits per heavy atom. The average Bonchev–Trinajstić information content (AvgIpc) is 3.25. The van der Waals surface area contributed by atoms with Gasteiger partial charge in [0.25, 0.3) is 5.91 Å². The van der Waals surface area contributed by atoms with E-state index in [1.807, 2.05) is 23.9 Å². The van der Waals surface area contributed by atoms with E-state index in [0.717, 1.165) is 25.7 Å². The molecule has 0 unspecified atom stereocenters. The molecular weight excluding hydrogens is 402 g/mol. The summed E-state index contributed by atoms with van der Waals surface area (Å²) in [7, 11) is 3.61. The van der Waals surface area contributed by atoms with Gasteiger partial charge in [-0.2, -0.15) is 0 Å². The van der Waals surface area contributed by atoms with Crippen molar-refractivity contribution in [3.63, 3.8) is 0 Å². The second-order valence-electron chi connectivity index (χ2n) is 9.47. The fourth-order valence-electron chi connectivity index (χ4n) is 6.16. The van der Waals surface area contributed by atoms with Gasteiger partial charge in [0, 0.05) is 57.8 Å². The number of benzene rings is 1. The first kappa shape index (κ1) is 21.2. The van der Waals surface area contributed by atoms with Gasteiger partial charge in [-0.25, -0.2) is 0 Å². The standard InChI is InChI=1S/C23H30ClN3O3/c1-16(28)27-14-19-22(7-8-23(19,15-27)21(30)25(2)3)9-11-26(12-10-22)20(29)17-5-4-6-18(24)13-17/h4-6,13,19H,7-12,14-15H2,1-3H3/t19-,23+/m0/s1. The second kappa shape index (κ2) is 7.56. The van der Waals surface area contributed by atoms with Crippen molar-refractivity contribution in [2.75, 3.05) is 40.3 Å². The minimum atomic E-state index is -0.478. The highest BCUT2D eigenvalue weighted by Crippen LogP contribution is 2.62. The van der Waals surface area contributed by atoms with Gasteiger partial charge >= 0.3 is 0 Å². The third kappa shape index (κ3) is 3.29. The lowest BCUT2D eigenvalue weighted by molar-refractivity contribution is -0.141. The van der Waals surface area contributed by atoms with Crippen LogP contribution in [-0.4, -0.2) is 72.7 Å². The van der Waals surface area contributed by atoms with E-state index in [1.54, 1.807) is 36.1 Å². The zero-order valence-electron chi connectivity index (χ0n) is 18.0. The highest BCUT2D eigenvalue weighted by atomic mass is 35.5. The summed E-state index contributed by atoms with van der Waals surface area (Å²) in [5.74, 6) is 0.356. The number of carbonyl (C=O) groups excluding carboxylic acids is 3. The fraction of sp³-hybridized carbons (Fsp3) is 0.609. The Kier molecular flexibility index (Phi) is 5.33. The summed E-state index contributed by atoms with van der Waals surface area (Å²) in [5.41, 5.74) is 0.153. The summed E-state index contributed by atoms with van der Waals surface area (Å²) < 4.78 is 0. The summed E-state index contributed by atoms with van der Waals surface area (Å²) in [6.07, 6.45) is 3.55. The normalized spacial score (nSPS) is 27.3. The van der Waals surface area contributed by atoms with Crippen LogP contribution in [0.25, 0.3) is 0 Å². The number of nitrogens with zero attached hydrogens (tertiary/aromatic N) is 3. The summed E-state index contributed by atoms with van der Waals surface area (Å²) in [6.45, 7) is 4.12. The molecule has 0 N–H and O–H groups in total. The molecule has 4 rings (SSSR count). The molecule has 3 aliphatic rings. The van der Waals surface area contributed by atoms with Gasteiger partial charge < -0.3 is 14.7 Å². The van der Waals surface area contributed by atoms with Gasteiger partial charge in [-0.1, -0.05) is 17.7 Å². The smallest absolute Gasteiger partial charge is 0.253 e. The molecule has 1 aromatic rings. The molecule has 1 spiro atoms. The molecule has 1 aliphatic carbocycles. The number of carbonyl (C=O) groups is 3. The first-order chi connectivity index (χ1) is 14.2. The molecule has 162 valence electrons. The molecule has 1 aromatic carbocycles. The number of amides is 3. The molecule has 3 amide bonds. The summed E-state index contributed by atoms with van der Waals surface area (Å²) in [4.78, 5) is 43.8. The van der Waals surface area contributed by atoms with Crippen molar-refractivity contribution in [3.05, 3.63) is 34.9 Å². The first-order valence-corrected chi connectivity index (χ1v) is 11.1. The monoisotopic (exact) mass is 431 g/mol. The number of likely N-dealkylation sites (tertiary alicyclic amines) is 2. The molecule has 1 saturated carbocycles. The molecule has 2 atom stereocenters. The van der Waals surface area contributed by atoms with Gasteiger partial charge in [0.2, 0.25) is 11.8 Å². The zero-order chi connectivity index (χ0) is 21.7. The Labute approximate surface area is 183 Å². The predicted molar refractivity (Wildman–Crippen MR) is 115 cm³/mol. The van der Waals surface area contributed by atoms with Crippen molar-refractivity contribution in [2.24, 2.45) is 16.7 Å². The molecule has 3 fully saturated rings. The SMILES string of the molecule is CC(=O)N1C[C@H]2C3(CCN(C(=O)c4cccc(Cl)c4)CC3)CC[C@@]2(C(=O)N(C)C)C1. The van der Waals surface area contributed by atoms with Crippen LogP contribution in [0.4, 0.5) is 0 Å². The lowest BCUT2D eigenvalue weighted by Gasteiger charge is -2.44. The topological polar surface area (TPSA) is 60.9 Å². The van der Waals surface area contributed by atoms with E-state index in [1.165, 1.54) is 0 Å². The summed E-state index contributed by atoms with van der Waals surface area (Å²) >= 11 is 6.06. The molecule has 2 saturated heterocycles. The molecular formula is C23H30ClN3O3. The maximum Gasteiger partial charge on any atom is 0.253 e. The van der Waals surface area contributed by atoms with Crippen molar-refractivity contribution in [1.29, 1.82) is 0 Å². The van der Waals surface area contributed by atoms with Crippen LogP contribution in [0.2, 0.25) is 5.02 Å². The van der Waals surface area contributed by atoms with Crippen molar-refractivity contribution >= 4 is 29.3 Å². The van der Waals surface area contributed by atoms with Gasteiger partial charge in [0.15, 0.2) is 0 Å². The van der Waals surface area contributed by atoms with E-state index < -0.39 is 5.41 Å². The van der Waals surface area contributed by atoms with Crippen LogP contribution in [0.5, 0.6) is 0 Å². The number of halogens is 1. The predicted octanol–water partition coefficient (Wildman–Crippen LogP) is 2.91. The van der Waals surface area contributed by atoms with Crippen LogP contribution in [-0.2, 0) is 9.59 Å². The summed E-state index contributed by atoms with van der Waals surface area (Å²) in [6, 6.07) is 7.08. The number of hydrogen-bond acceptors (Lipinski definition) is 3. The highest BCUT2D eigenvalue weighted by Gasteiger charge is 2.65. The van der Waals surface area contributed by atoms with E-state index >= 15 is 0 Å². The molecule has 7 heteroatoms. The molecule has 30 heavy (non-hydrogen) atoms. The Bertz CT molecular complexity index is 878. The van der Waals surface area contributed by atoms with E-state index in [-0.39, 0.29) is 29.1 Å². The summed E-state index contributed by atoms with van der Waals surface area (Å²) in [5, 5.41) is 0.562. The van der Waals surface area contributed by atoms with Gasteiger partial charge in [-0.15, -0.1) is 0 Å². The highest BCUT2D eigenvalue weighted by molar-refractivity contribution is 6.30. The Morgan fingerprint density at radius 2 is 1.77 bits per heavy atom. The lowest BCUT2D eigenvalue weighted by atomic mass is 9.65. The lowest BCUT2D eigenvalue weighted by Crippen LogP contribution is -2.49. The molecule has 6 nitrogen and oxygen atoms in total. The van der Waals surface area contributed by atoms with Gasteiger partial charge in [0.05, 0.1) is 5.41 Å². The number of rotatable bonds is 2. The number of hydrogen-bond donors (Lipinski definition) is 0. The Morgan fingerprint density at radius 1 is 1.07 bits per heavy atom. The average molecular weight is 432 g/mol. The van der Waals surface area contributed by atoms with E-state index in [0.29, 0.717) is 36.8 Å². The third-order valence-electron chi connectivity index (χ3n) is 7.75. The maximum absolute atomic E-state index is 13.2. The zero-order valence-corrected chi connectivity index (χ0v) is 18.7. The van der Waals surface area contributed by atoms with Gasteiger partial charge in [-0.3, -0.25) is 14.4 Å². The molecule has 0 radical (unpaired) electrons. The van der Waals surface area contributed by atoms with Crippen LogP contribution in [0.3, 0.4) is 0 Å². The van der Waals surface area contributed by atoms with Crippen molar-refractivity contribution < 1.29 is 14.4 Å². The van der Waals surface area contributed by atoms with Gasteiger partial charge in [-0.05, 0) is 55.2 Å². The quantitative estimate of drug-likeness (QED) is 0.723. The number of fused-ring (bicyclic) bond motifs is 2. The van der Waals surface area contributed by atoms with E-state index in [9.17, 15) is 14.4 Å². The molecule has 2 aliphatic heterocycles. The Balaban J connectivity index is 1.54. The largest absolute Gasteiger partial charge is 0.348 e. The molecule has 0 aromatic heterocycles. The van der Waals surface area contributed by atoms with Gasteiger partial charge in [0.1, 0.15) is 0 Å². The minimum Gasteiger partial charge on any atom is -0.348 e. The van der Waals surface area contributed by atoms with Crippen LogP contribution in [0.1, 0.15) is 43.0 Å². The first-order valence-electron chi connectivity index (χ1n) is 10.7. The van der Waals surface area contributed by atoms with Crippen LogP contribution < -0.4 is 0 Å². The van der Waals surface area contributed by atoms with Crippen LogP contribution in [0.15, 0.2) is 24.3 Å². The molecule has 2 heterocycles. The van der Waals surface area contributed by atoms with Crippen molar-refractivity contribution in [3.8, 4) is 0 Å². The minimum absolute atomic E-state index is 0.0118. The van der Waals surface area contributed by atoms with Crippen LogP contribution >= 0.6 is 11.6 Å². The maximum atomic E-state index is 13.2. The van der Waals surface area contributed by atoms with Crippen molar-refractivity contribution in [2.45, 2.75) is 32.6 Å².